The number of fused-ring (bicyclic) bond motifs is 1. The minimum atomic E-state index is -0.184. The molecule has 33 heavy (non-hydrogen) atoms. The van der Waals surface area contributed by atoms with Crippen LogP contribution in [-0.4, -0.2) is 29.2 Å². The summed E-state index contributed by atoms with van der Waals surface area (Å²) in [7, 11) is 0. The molecule has 0 aliphatic carbocycles. The largest absolute Gasteiger partial charge is 0.461 e. The van der Waals surface area contributed by atoms with Crippen LogP contribution in [0, 0.1) is 5.92 Å². The third kappa shape index (κ3) is 6.88. The molecular weight excluding hydrogens is 414 g/mol. The number of hydrogen-bond acceptors (Lipinski definition) is 4. The normalized spacial score (nSPS) is 14.4. The first kappa shape index (κ1) is 24.4. The summed E-state index contributed by atoms with van der Waals surface area (Å²) < 4.78 is 5.37. The summed E-state index contributed by atoms with van der Waals surface area (Å²) in [5.74, 6) is -0.166. The van der Waals surface area contributed by atoms with Gasteiger partial charge in [-0.3, -0.25) is 19.3 Å². The van der Waals surface area contributed by atoms with Crippen LogP contribution < -0.4 is 0 Å². The van der Waals surface area contributed by atoms with Gasteiger partial charge in [-0.05, 0) is 49.3 Å². The lowest BCUT2D eigenvalue weighted by Gasteiger charge is -2.15. The molecule has 0 radical (unpaired) electrons. The molecule has 1 aliphatic rings. The van der Waals surface area contributed by atoms with Gasteiger partial charge < -0.3 is 4.74 Å². The number of rotatable bonds is 12. The van der Waals surface area contributed by atoms with E-state index in [1.165, 1.54) is 10.5 Å². The average Bonchev–Trinajstić information content (AvgIpc) is 3.08. The Labute approximate surface area is 196 Å². The number of imide groups is 1. The van der Waals surface area contributed by atoms with Gasteiger partial charge in [-0.2, -0.15) is 0 Å². The molecule has 1 atom stereocenters. The molecule has 0 bridgehead atoms. The molecule has 0 saturated heterocycles. The van der Waals surface area contributed by atoms with Crippen LogP contribution in [0.15, 0.2) is 66.2 Å². The first-order valence-corrected chi connectivity index (χ1v) is 11.8. The molecule has 0 aromatic heterocycles. The molecule has 2 amide bonds. The van der Waals surface area contributed by atoms with Crippen LogP contribution in [0.2, 0.25) is 0 Å². The van der Waals surface area contributed by atoms with Gasteiger partial charge in [-0.15, -0.1) is 0 Å². The topological polar surface area (TPSA) is 63.7 Å². The standard InChI is InChI=1S/C28H33NO4/c1-3-22(16-17-26(30)33-20-23-12-5-4-6-13-23)19-21(2)11-9-10-18-29-27(31)24-14-7-8-15-25(24)28(29)32/h4-8,12-15,19,21H,3,9-11,16-18,20H2,1-2H3. The molecule has 1 unspecified atom stereocenters. The van der Waals surface area contributed by atoms with Crippen molar-refractivity contribution in [3.63, 3.8) is 0 Å². The van der Waals surface area contributed by atoms with E-state index < -0.39 is 0 Å². The molecule has 2 aromatic carbocycles. The van der Waals surface area contributed by atoms with E-state index in [0.29, 0.717) is 43.0 Å². The highest BCUT2D eigenvalue weighted by Crippen LogP contribution is 2.23. The maximum absolute atomic E-state index is 12.4. The lowest BCUT2D eigenvalue weighted by molar-refractivity contribution is -0.144. The van der Waals surface area contributed by atoms with Crippen LogP contribution in [0.25, 0.3) is 0 Å². The summed E-state index contributed by atoms with van der Waals surface area (Å²) in [6.07, 6.45) is 6.96. The van der Waals surface area contributed by atoms with E-state index in [1.807, 2.05) is 30.3 Å². The highest BCUT2D eigenvalue weighted by molar-refractivity contribution is 6.21. The Bertz CT molecular complexity index is 961. The Morgan fingerprint density at radius 1 is 0.939 bits per heavy atom. The number of benzene rings is 2. The first-order chi connectivity index (χ1) is 16.0. The Balaban J connectivity index is 1.36. The average molecular weight is 448 g/mol. The van der Waals surface area contributed by atoms with Gasteiger partial charge in [-0.25, -0.2) is 0 Å². The SMILES string of the molecule is CCC(=CC(C)CCCCN1C(=O)c2ccccc2C1=O)CCC(=O)OCc1ccccc1. The summed E-state index contributed by atoms with van der Waals surface area (Å²) >= 11 is 0. The number of esters is 1. The minimum Gasteiger partial charge on any atom is -0.461 e. The summed E-state index contributed by atoms with van der Waals surface area (Å²) in [4.78, 5) is 38.3. The molecule has 0 fully saturated rings. The lowest BCUT2D eigenvalue weighted by atomic mass is 9.97. The van der Waals surface area contributed by atoms with Crippen LogP contribution >= 0.6 is 0 Å². The van der Waals surface area contributed by atoms with Crippen molar-refractivity contribution >= 4 is 17.8 Å². The van der Waals surface area contributed by atoms with Gasteiger partial charge in [-0.1, -0.05) is 74.4 Å². The fourth-order valence-electron chi connectivity index (χ4n) is 4.11. The summed E-state index contributed by atoms with van der Waals surface area (Å²) in [5, 5.41) is 0. The van der Waals surface area contributed by atoms with Crippen molar-refractivity contribution in [2.75, 3.05) is 6.54 Å². The molecule has 2 aromatic rings. The number of ether oxygens (including phenoxy) is 1. The predicted molar refractivity (Wildman–Crippen MR) is 129 cm³/mol. The molecule has 0 spiro atoms. The van der Waals surface area contributed by atoms with Crippen molar-refractivity contribution in [2.24, 2.45) is 5.92 Å². The summed E-state index contributed by atoms with van der Waals surface area (Å²) in [6.45, 7) is 5.05. The zero-order chi connectivity index (χ0) is 23.6. The highest BCUT2D eigenvalue weighted by Gasteiger charge is 2.34. The smallest absolute Gasteiger partial charge is 0.306 e. The summed E-state index contributed by atoms with van der Waals surface area (Å²) in [5.41, 5.74) is 3.27. The lowest BCUT2D eigenvalue weighted by Crippen LogP contribution is -2.30. The number of carbonyl (C=O) groups excluding carboxylic acids is 3. The van der Waals surface area contributed by atoms with E-state index in [4.69, 9.17) is 4.74 Å². The minimum absolute atomic E-state index is 0.174. The maximum atomic E-state index is 12.4. The van der Waals surface area contributed by atoms with Gasteiger partial charge in [0.05, 0.1) is 11.1 Å². The Kier molecular flexibility index (Phi) is 8.99. The zero-order valence-electron chi connectivity index (χ0n) is 19.6. The second-order valence-electron chi connectivity index (χ2n) is 8.61. The van der Waals surface area contributed by atoms with Gasteiger partial charge in [0.2, 0.25) is 0 Å². The van der Waals surface area contributed by atoms with Crippen molar-refractivity contribution in [2.45, 2.75) is 59.0 Å². The molecule has 0 N–H and O–H groups in total. The van der Waals surface area contributed by atoms with E-state index in [0.717, 1.165) is 31.2 Å². The maximum Gasteiger partial charge on any atom is 0.306 e. The molecule has 1 heterocycles. The van der Waals surface area contributed by atoms with Crippen LogP contribution in [0.5, 0.6) is 0 Å². The van der Waals surface area contributed by atoms with Crippen LogP contribution in [0.1, 0.15) is 78.7 Å². The second kappa shape index (κ2) is 12.1. The number of hydrogen-bond donors (Lipinski definition) is 0. The van der Waals surface area contributed by atoms with Crippen LogP contribution in [0.4, 0.5) is 0 Å². The van der Waals surface area contributed by atoms with E-state index in [2.05, 4.69) is 19.9 Å². The number of allylic oxidation sites excluding steroid dienone is 2. The fraction of sp³-hybridized carbons (Fsp3) is 0.393. The molecule has 174 valence electrons. The molecule has 5 heteroatoms. The van der Waals surface area contributed by atoms with Crippen molar-refractivity contribution in [1.29, 1.82) is 0 Å². The molecule has 5 nitrogen and oxygen atoms in total. The van der Waals surface area contributed by atoms with E-state index in [9.17, 15) is 14.4 Å². The van der Waals surface area contributed by atoms with Gasteiger partial charge in [0.15, 0.2) is 0 Å². The highest BCUT2D eigenvalue weighted by atomic mass is 16.5. The van der Waals surface area contributed by atoms with Crippen molar-refractivity contribution in [1.82, 2.24) is 4.90 Å². The summed E-state index contributed by atoms with van der Waals surface area (Å²) in [6, 6.07) is 16.7. The second-order valence-corrected chi connectivity index (χ2v) is 8.61. The van der Waals surface area contributed by atoms with E-state index in [1.54, 1.807) is 24.3 Å². The monoisotopic (exact) mass is 447 g/mol. The van der Waals surface area contributed by atoms with Crippen molar-refractivity contribution < 1.29 is 19.1 Å². The fourth-order valence-corrected chi connectivity index (χ4v) is 4.11. The Morgan fingerprint density at radius 2 is 1.58 bits per heavy atom. The molecule has 0 saturated carbocycles. The van der Waals surface area contributed by atoms with Crippen LogP contribution in [0.3, 0.4) is 0 Å². The number of nitrogens with zero attached hydrogens (tertiary/aromatic N) is 1. The third-order valence-corrected chi connectivity index (χ3v) is 6.04. The quantitative estimate of drug-likeness (QED) is 0.175. The van der Waals surface area contributed by atoms with Crippen molar-refractivity contribution in [3.8, 4) is 0 Å². The van der Waals surface area contributed by atoms with Gasteiger partial charge in [0, 0.05) is 13.0 Å². The molecule has 3 rings (SSSR count). The molecule has 1 aliphatic heterocycles. The Hall–Kier alpha value is -3.21. The number of amides is 2. The van der Waals surface area contributed by atoms with Crippen LogP contribution in [-0.2, 0) is 16.1 Å². The molecular formula is C28H33NO4. The number of carbonyl (C=O) groups is 3. The predicted octanol–water partition coefficient (Wildman–Crippen LogP) is 5.95. The first-order valence-electron chi connectivity index (χ1n) is 11.8. The van der Waals surface area contributed by atoms with E-state index in [-0.39, 0.29) is 17.8 Å². The number of unbranched alkanes of at least 4 members (excludes halogenated alkanes) is 1. The van der Waals surface area contributed by atoms with Gasteiger partial charge >= 0.3 is 5.97 Å². The zero-order valence-corrected chi connectivity index (χ0v) is 19.6. The van der Waals surface area contributed by atoms with Gasteiger partial charge in [0.1, 0.15) is 6.61 Å². The third-order valence-electron chi connectivity index (χ3n) is 6.04. The Morgan fingerprint density at radius 3 is 2.21 bits per heavy atom. The van der Waals surface area contributed by atoms with E-state index >= 15 is 0 Å². The van der Waals surface area contributed by atoms with Gasteiger partial charge in [0.25, 0.3) is 11.8 Å². The van der Waals surface area contributed by atoms with Crippen molar-refractivity contribution in [3.05, 3.63) is 82.9 Å².